The highest BCUT2D eigenvalue weighted by molar-refractivity contribution is 8.00. The molecule has 0 saturated heterocycles. The lowest BCUT2D eigenvalue weighted by molar-refractivity contribution is -0.117. The fourth-order valence-electron chi connectivity index (χ4n) is 4.08. The molecule has 5 rings (SSSR count). The molecule has 10 heteroatoms. The number of unbranched alkanes of at least 4 members (excludes halogenated alkanes) is 1. The molecule has 0 radical (unpaired) electrons. The van der Waals surface area contributed by atoms with Crippen LogP contribution in [-0.4, -0.2) is 33.6 Å². The van der Waals surface area contributed by atoms with Crippen molar-refractivity contribution in [2.45, 2.75) is 35.9 Å². The topological polar surface area (TPSA) is 92.6 Å². The highest BCUT2D eigenvalue weighted by atomic mass is 32.2. The van der Waals surface area contributed by atoms with Crippen molar-refractivity contribution in [1.82, 2.24) is 10.2 Å². The summed E-state index contributed by atoms with van der Waals surface area (Å²) >= 11 is 4.03. The first-order valence-corrected chi connectivity index (χ1v) is 14.8. The van der Waals surface area contributed by atoms with Gasteiger partial charge in [0.1, 0.15) is 5.75 Å². The molecule has 0 saturated carbocycles. The number of aromatic nitrogens is 2. The zero-order valence-electron chi connectivity index (χ0n) is 20.6. The third kappa shape index (κ3) is 5.52. The SMILES string of the molecule is CCCCOc1cccc(C2C(C(=O)c3cccs3)=C(O)C(=O)N2c2nnc(SCc3ccccc3)s2)c1. The molecule has 0 spiro atoms. The van der Waals surface area contributed by atoms with Crippen LogP contribution in [0.4, 0.5) is 5.13 Å². The number of rotatable bonds is 11. The first kappa shape index (κ1) is 26.1. The highest BCUT2D eigenvalue weighted by Crippen LogP contribution is 2.44. The summed E-state index contributed by atoms with van der Waals surface area (Å²) in [6, 6.07) is 19.9. The standard InChI is InChI=1S/C28H25N3O4S3/c1-2-3-14-35-20-12-7-11-19(16-20)23-22(24(32)21-13-8-15-36-21)25(33)26(34)31(23)27-29-30-28(38-27)37-17-18-9-5-4-6-10-18/h4-13,15-16,23,33H,2-3,14,17H2,1H3. The number of ketones is 1. The average Bonchev–Trinajstić information content (AvgIpc) is 3.69. The van der Waals surface area contributed by atoms with E-state index in [9.17, 15) is 14.7 Å². The minimum absolute atomic E-state index is 0.0249. The van der Waals surface area contributed by atoms with E-state index in [1.807, 2.05) is 54.6 Å². The van der Waals surface area contributed by atoms with Crippen molar-refractivity contribution in [3.05, 3.63) is 99.4 Å². The number of benzene rings is 2. The third-order valence-corrected chi connectivity index (χ3v) is 8.94. The summed E-state index contributed by atoms with van der Waals surface area (Å²) in [6.45, 7) is 2.65. The lowest BCUT2D eigenvalue weighted by Gasteiger charge is -2.24. The number of aliphatic hydroxyl groups excluding tert-OH is 1. The Balaban J connectivity index is 1.49. The Bertz CT molecular complexity index is 1450. The second-order valence-corrected chi connectivity index (χ2v) is 11.7. The lowest BCUT2D eigenvalue weighted by atomic mass is 9.95. The van der Waals surface area contributed by atoms with Crippen molar-refractivity contribution < 1.29 is 19.4 Å². The van der Waals surface area contributed by atoms with Gasteiger partial charge in [0.2, 0.25) is 10.9 Å². The second kappa shape index (κ2) is 11.9. The van der Waals surface area contributed by atoms with Gasteiger partial charge in [-0.05, 0) is 41.1 Å². The van der Waals surface area contributed by atoms with Crippen LogP contribution in [-0.2, 0) is 10.5 Å². The number of carbonyl (C=O) groups excluding carboxylic acids is 2. The van der Waals surface area contributed by atoms with Crippen LogP contribution < -0.4 is 9.64 Å². The van der Waals surface area contributed by atoms with Crippen LogP contribution >= 0.6 is 34.4 Å². The van der Waals surface area contributed by atoms with Gasteiger partial charge in [-0.3, -0.25) is 14.5 Å². The van der Waals surface area contributed by atoms with Gasteiger partial charge in [-0.2, -0.15) is 0 Å². The first-order chi connectivity index (χ1) is 18.6. The van der Waals surface area contributed by atoms with E-state index in [2.05, 4.69) is 17.1 Å². The molecule has 1 N–H and O–H groups in total. The molecule has 4 aromatic rings. The van der Waals surface area contributed by atoms with Crippen LogP contribution in [0.25, 0.3) is 0 Å². The van der Waals surface area contributed by atoms with Crippen molar-refractivity contribution in [3.63, 3.8) is 0 Å². The maximum Gasteiger partial charge on any atom is 0.296 e. The molecule has 1 aliphatic rings. The summed E-state index contributed by atoms with van der Waals surface area (Å²) in [5.74, 6) is -0.300. The normalized spacial score (nSPS) is 15.3. The van der Waals surface area contributed by atoms with Gasteiger partial charge in [-0.25, -0.2) is 0 Å². The van der Waals surface area contributed by atoms with Crippen LogP contribution in [0.15, 0.2) is 87.8 Å². The van der Waals surface area contributed by atoms with Gasteiger partial charge in [0.05, 0.1) is 23.1 Å². The summed E-state index contributed by atoms with van der Waals surface area (Å²) in [7, 11) is 0. The van der Waals surface area contributed by atoms with Crippen LogP contribution in [0.2, 0.25) is 0 Å². The summed E-state index contributed by atoms with van der Waals surface area (Å²) in [4.78, 5) is 28.8. The van der Waals surface area contributed by atoms with E-state index >= 15 is 0 Å². The van der Waals surface area contributed by atoms with E-state index < -0.39 is 17.7 Å². The molecule has 2 aromatic carbocycles. The van der Waals surface area contributed by atoms with Crippen molar-refractivity contribution in [3.8, 4) is 5.75 Å². The lowest BCUT2D eigenvalue weighted by Crippen LogP contribution is -2.31. The smallest absolute Gasteiger partial charge is 0.296 e. The number of thiophene rings is 1. The molecule has 1 aliphatic heterocycles. The predicted octanol–water partition coefficient (Wildman–Crippen LogP) is 6.85. The van der Waals surface area contributed by atoms with Crippen molar-refractivity contribution >= 4 is 51.3 Å². The number of hydrogen-bond donors (Lipinski definition) is 1. The predicted molar refractivity (Wildman–Crippen MR) is 151 cm³/mol. The van der Waals surface area contributed by atoms with Gasteiger partial charge in [0.15, 0.2) is 10.1 Å². The van der Waals surface area contributed by atoms with Gasteiger partial charge in [-0.1, -0.05) is 85.0 Å². The monoisotopic (exact) mass is 563 g/mol. The highest BCUT2D eigenvalue weighted by Gasteiger charge is 2.46. The second-order valence-electron chi connectivity index (χ2n) is 8.55. The number of nitrogens with zero attached hydrogens (tertiary/aromatic N) is 3. The molecule has 0 aliphatic carbocycles. The van der Waals surface area contributed by atoms with Crippen molar-refractivity contribution in [1.29, 1.82) is 0 Å². The average molecular weight is 564 g/mol. The van der Waals surface area contributed by atoms with Crippen molar-refractivity contribution in [2.24, 2.45) is 0 Å². The Morgan fingerprint density at radius 1 is 1.11 bits per heavy atom. The van der Waals surface area contributed by atoms with Gasteiger partial charge in [0.25, 0.3) is 5.91 Å². The van der Waals surface area contributed by atoms with E-state index in [0.717, 1.165) is 18.4 Å². The Kier molecular flexibility index (Phi) is 8.21. The number of aliphatic hydroxyl groups is 1. The minimum atomic E-state index is -0.869. The van der Waals surface area contributed by atoms with Gasteiger partial charge >= 0.3 is 0 Å². The van der Waals surface area contributed by atoms with E-state index in [1.54, 1.807) is 17.5 Å². The van der Waals surface area contributed by atoms with E-state index in [1.165, 1.54) is 39.3 Å². The van der Waals surface area contributed by atoms with E-state index in [-0.39, 0.29) is 11.4 Å². The third-order valence-electron chi connectivity index (χ3n) is 5.95. The van der Waals surface area contributed by atoms with E-state index in [4.69, 9.17) is 4.74 Å². The zero-order chi connectivity index (χ0) is 26.5. The molecule has 1 amide bonds. The molecule has 38 heavy (non-hydrogen) atoms. The van der Waals surface area contributed by atoms with Gasteiger partial charge < -0.3 is 9.84 Å². The Labute approximate surface area is 232 Å². The molecule has 7 nitrogen and oxygen atoms in total. The first-order valence-electron chi connectivity index (χ1n) is 12.1. The van der Waals surface area contributed by atoms with Crippen LogP contribution in [0.1, 0.15) is 46.6 Å². The zero-order valence-corrected chi connectivity index (χ0v) is 23.0. The van der Waals surface area contributed by atoms with Gasteiger partial charge in [-0.15, -0.1) is 21.5 Å². The maximum absolute atomic E-state index is 13.5. The van der Waals surface area contributed by atoms with Crippen molar-refractivity contribution in [2.75, 3.05) is 11.5 Å². The van der Waals surface area contributed by atoms with Gasteiger partial charge in [0, 0.05) is 5.75 Å². The Hall–Kier alpha value is -3.47. The molecule has 3 heterocycles. The molecule has 0 fully saturated rings. The van der Waals surface area contributed by atoms with Crippen LogP contribution in [0.3, 0.4) is 0 Å². The Morgan fingerprint density at radius 3 is 2.71 bits per heavy atom. The number of amides is 1. The number of carbonyl (C=O) groups is 2. The quantitative estimate of drug-likeness (QED) is 0.0923. The number of hydrogen-bond acceptors (Lipinski definition) is 9. The molecule has 2 aromatic heterocycles. The van der Waals surface area contributed by atoms with Crippen LogP contribution in [0.5, 0.6) is 5.75 Å². The Morgan fingerprint density at radius 2 is 1.95 bits per heavy atom. The fraction of sp³-hybridized carbons (Fsp3) is 0.214. The summed E-state index contributed by atoms with van der Waals surface area (Å²) < 4.78 is 6.58. The number of ether oxygens (including phenoxy) is 1. The fourth-order valence-corrected chi connectivity index (χ4v) is 6.58. The summed E-state index contributed by atoms with van der Waals surface area (Å²) in [6.07, 6.45) is 1.91. The number of Topliss-reactive ketones (excluding diaryl/α,β-unsaturated/α-hetero) is 1. The number of thioether (sulfide) groups is 1. The maximum atomic E-state index is 13.5. The molecule has 194 valence electrons. The molecular weight excluding hydrogens is 539 g/mol. The summed E-state index contributed by atoms with van der Waals surface area (Å²) in [5.41, 5.74) is 1.81. The largest absolute Gasteiger partial charge is 0.503 e. The van der Waals surface area contributed by atoms with E-state index in [0.29, 0.717) is 38.0 Å². The molecule has 1 unspecified atom stereocenters. The molecule has 0 bridgehead atoms. The molecular formula is C28H25N3O4S3. The minimum Gasteiger partial charge on any atom is -0.503 e. The molecule has 1 atom stereocenters. The number of anilines is 1. The van der Waals surface area contributed by atoms with Crippen LogP contribution in [0, 0.1) is 0 Å². The summed E-state index contributed by atoms with van der Waals surface area (Å²) in [5, 5.41) is 21.7.